The Morgan fingerprint density at radius 3 is 2.54 bits per heavy atom. The number of carbonyl (C=O) groups is 1. The number of amides is 1. The van der Waals surface area contributed by atoms with Crippen LogP contribution < -0.4 is 5.32 Å². The van der Waals surface area contributed by atoms with E-state index in [2.05, 4.69) is 30.2 Å². The number of nitrogens with one attached hydrogen (secondary N) is 1. The summed E-state index contributed by atoms with van der Waals surface area (Å²) in [5.41, 5.74) is 4.14. The molecule has 1 heterocycles. The Balaban J connectivity index is 1.76. The highest BCUT2D eigenvalue weighted by Crippen LogP contribution is 2.29. The first-order chi connectivity index (χ1) is 12.5. The fourth-order valence-corrected chi connectivity index (χ4v) is 3.74. The van der Waals surface area contributed by atoms with Crippen LogP contribution in [0.3, 0.4) is 0 Å². The molecule has 3 rings (SSSR count). The van der Waals surface area contributed by atoms with Crippen molar-refractivity contribution in [2.45, 2.75) is 43.9 Å². The van der Waals surface area contributed by atoms with Crippen molar-refractivity contribution >= 4 is 34.3 Å². The Kier molecular flexibility index (Phi) is 5.62. The van der Waals surface area contributed by atoms with Gasteiger partial charge in [0.05, 0.1) is 15.8 Å². The molecular weight excluding hydrogens is 340 g/mol. The number of hydrogen-bond acceptors (Lipinski definition) is 3. The van der Waals surface area contributed by atoms with Gasteiger partial charge in [0.25, 0.3) is 0 Å². The quantitative estimate of drug-likeness (QED) is 0.583. The molecule has 0 aliphatic rings. The van der Waals surface area contributed by atoms with Crippen LogP contribution in [0.15, 0.2) is 59.6 Å². The van der Waals surface area contributed by atoms with Crippen molar-refractivity contribution in [3.05, 3.63) is 65.7 Å². The van der Waals surface area contributed by atoms with Crippen LogP contribution in [0, 0.1) is 6.92 Å². The van der Waals surface area contributed by atoms with Crippen LogP contribution in [0.2, 0.25) is 0 Å². The molecule has 3 aromatic rings. The molecule has 1 N–H and O–H groups in total. The Bertz CT molecular complexity index is 936. The molecule has 134 valence electrons. The lowest BCUT2D eigenvalue weighted by Crippen LogP contribution is -2.24. The van der Waals surface area contributed by atoms with Gasteiger partial charge in [0.2, 0.25) is 5.91 Å². The van der Waals surface area contributed by atoms with Gasteiger partial charge >= 0.3 is 0 Å². The van der Waals surface area contributed by atoms with Gasteiger partial charge in [-0.05, 0) is 43.0 Å². The zero-order valence-corrected chi connectivity index (χ0v) is 16.4. The molecule has 1 atom stereocenters. The van der Waals surface area contributed by atoms with E-state index in [1.54, 1.807) is 0 Å². The second-order valence-electron chi connectivity index (χ2n) is 6.79. The van der Waals surface area contributed by atoms with Crippen molar-refractivity contribution < 1.29 is 4.79 Å². The minimum absolute atomic E-state index is 0.00107. The largest absolute Gasteiger partial charge is 0.325 e. The van der Waals surface area contributed by atoms with Crippen molar-refractivity contribution in [2.75, 3.05) is 5.32 Å². The monoisotopic (exact) mass is 364 g/mol. The zero-order chi connectivity index (χ0) is 18.7. The number of benzene rings is 2. The Morgan fingerprint density at radius 2 is 1.77 bits per heavy atom. The highest BCUT2D eigenvalue weighted by molar-refractivity contribution is 8.00. The molecule has 4 heteroatoms. The van der Waals surface area contributed by atoms with Crippen LogP contribution in [-0.4, -0.2) is 16.1 Å². The van der Waals surface area contributed by atoms with Crippen molar-refractivity contribution in [3.8, 4) is 0 Å². The number of nitrogens with zero attached hydrogens (tertiary/aromatic N) is 1. The van der Waals surface area contributed by atoms with Gasteiger partial charge in [-0.1, -0.05) is 68.1 Å². The van der Waals surface area contributed by atoms with Gasteiger partial charge in [-0.25, -0.2) is 4.98 Å². The molecule has 0 radical (unpaired) electrons. The lowest BCUT2D eigenvalue weighted by atomic mass is 9.98. The van der Waals surface area contributed by atoms with E-state index in [1.807, 2.05) is 62.4 Å². The van der Waals surface area contributed by atoms with Gasteiger partial charge in [-0.15, -0.1) is 0 Å². The van der Waals surface area contributed by atoms with Crippen LogP contribution >= 0.6 is 11.8 Å². The van der Waals surface area contributed by atoms with Crippen LogP contribution in [0.5, 0.6) is 0 Å². The van der Waals surface area contributed by atoms with Crippen LogP contribution in [0.1, 0.15) is 37.8 Å². The molecule has 0 saturated heterocycles. The normalized spacial score (nSPS) is 12.3. The lowest BCUT2D eigenvalue weighted by molar-refractivity contribution is -0.115. The van der Waals surface area contributed by atoms with Gasteiger partial charge in [-0.2, -0.15) is 0 Å². The van der Waals surface area contributed by atoms with E-state index >= 15 is 0 Å². The number of aromatic nitrogens is 1. The average Bonchev–Trinajstić information content (AvgIpc) is 2.63. The van der Waals surface area contributed by atoms with Gasteiger partial charge < -0.3 is 5.32 Å². The molecular formula is C22H24N2OS. The number of thioether (sulfide) groups is 1. The standard InChI is InChI=1S/C22H24N2OS/c1-14(2)18-10-7-8-15(3)21(18)24-22(25)16(4)26-20-13-12-17-9-5-6-11-19(17)23-20/h5-14,16H,1-4H3,(H,24,25)/t16-/m0/s1. The minimum Gasteiger partial charge on any atom is -0.325 e. The number of hydrogen-bond donors (Lipinski definition) is 1. The highest BCUT2D eigenvalue weighted by Gasteiger charge is 2.18. The summed E-state index contributed by atoms with van der Waals surface area (Å²) in [4.78, 5) is 17.4. The smallest absolute Gasteiger partial charge is 0.237 e. The maximum absolute atomic E-state index is 12.7. The number of rotatable bonds is 5. The SMILES string of the molecule is Cc1cccc(C(C)C)c1NC(=O)[C@H](C)Sc1ccc2ccccc2n1. The highest BCUT2D eigenvalue weighted by atomic mass is 32.2. The van der Waals surface area contributed by atoms with Crippen LogP contribution in [0.25, 0.3) is 10.9 Å². The summed E-state index contributed by atoms with van der Waals surface area (Å²) < 4.78 is 0. The predicted octanol–water partition coefficient (Wildman–Crippen LogP) is 5.79. The first-order valence-corrected chi connectivity index (χ1v) is 9.76. The van der Waals surface area contributed by atoms with Gasteiger partial charge in [0.15, 0.2) is 0 Å². The maximum atomic E-state index is 12.7. The summed E-state index contributed by atoms with van der Waals surface area (Å²) in [6.45, 7) is 8.23. The van der Waals surface area contributed by atoms with E-state index in [0.29, 0.717) is 5.92 Å². The topological polar surface area (TPSA) is 42.0 Å². The second kappa shape index (κ2) is 7.92. The average molecular weight is 365 g/mol. The molecule has 0 aliphatic carbocycles. The zero-order valence-electron chi connectivity index (χ0n) is 15.6. The second-order valence-corrected chi connectivity index (χ2v) is 8.15. The Labute approximate surface area is 159 Å². The number of aryl methyl sites for hydroxylation is 1. The summed E-state index contributed by atoms with van der Waals surface area (Å²) in [6, 6.07) is 18.2. The molecule has 0 fully saturated rings. The van der Waals surface area contributed by atoms with Crippen molar-refractivity contribution in [1.82, 2.24) is 4.98 Å². The molecule has 0 saturated carbocycles. The number of fused-ring (bicyclic) bond motifs is 1. The van der Waals surface area contributed by atoms with Gasteiger partial charge in [-0.3, -0.25) is 4.79 Å². The molecule has 26 heavy (non-hydrogen) atoms. The first kappa shape index (κ1) is 18.5. The molecule has 0 aliphatic heterocycles. The molecule has 0 spiro atoms. The van der Waals surface area contributed by atoms with Gasteiger partial charge in [0, 0.05) is 11.1 Å². The van der Waals surface area contributed by atoms with Crippen molar-refractivity contribution in [2.24, 2.45) is 0 Å². The summed E-state index contributed by atoms with van der Waals surface area (Å²) in [5, 5.41) is 4.86. The Morgan fingerprint density at radius 1 is 1.00 bits per heavy atom. The number of pyridine rings is 1. The molecule has 1 amide bonds. The van der Waals surface area contributed by atoms with E-state index in [1.165, 1.54) is 17.3 Å². The van der Waals surface area contributed by atoms with Crippen molar-refractivity contribution in [1.29, 1.82) is 0 Å². The van der Waals surface area contributed by atoms with E-state index in [4.69, 9.17) is 0 Å². The summed E-state index contributed by atoms with van der Waals surface area (Å²) in [6.07, 6.45) is 0. The Hall–Kier alpha value is -2.33. The summed E-state index contributed by atoms with van der Waals surface area (Å²) >= 11 is 1.48. The van der Waals surface area contributed by atoms with Gasteiger partial charge in [0.1, 0.15) is 0 Å². The van der Waals surface area contributed by atoms with E-state index in [9.17, 15) is 4.79 Å². The number of para-hydroxylation sites is 2. The summed E-state index contributed by atoms with van der Waals surface area (Å²) in [7, 11) is 0. The molecule has 1 aromatic heterocycles. The first-order valence-electron chi connectivity index (χ1n) is 8.88. The molecule has 3 nitrogen and oxygen atoms in total. The van der Waals surface area contributed by atoms with E-state index in [0.717, 1.165) is 27.2 Å². The lowest BCUT2D eigenvalue weighted by Gasteiger charge is -2.18. The van der Waals surface area contributed by atoms with E-state index in [-0.39, 0.29) is 11.2 Å². The molecule has 2 aromatic carbocycles. The fourth-order valence-electron chi connectivity index (χ4n) is 2.91. The third-order valence-corrected chi connectivity index (χ3v) is 5.45. The molecule has 0 bridgehead atoms. The summed E-state index contributed by atoms with van der Waals surface area (Å²) in [5.74, 6) is 0.358. The van der Waals surface area contributed by atoms with Crippen LogP contribution in [0.4, 0.5) is 5.69 Å². The number of anilines is 1. The van der Waals surface area contributed by atoms with E-state index < -0.39 is 0 Å². The maximum Gasteiger partial charge on any atom is 0.237 e. The van der Waals surface area contributed by atoms with Crippen molar-refractivity contribution in [3.63, 3.8) is 0 Å². The predicted molar refractivity (Wildman–Crippen MR) is 111 cm³/mol. The number of carbonyl (C=O) groups excluding carboxylic acids is 1. The third-order valence-electron chi connectivity index (χ3n) is 4.41. The minimum atomic E-state index is -0.233. The van der Waals surface area contributed by atoms with Crippen LogP contribution in [-0.2, 0) is 4.79 Å². The third kappa shape index (κ3) is 4.07. The molecule has 0 unspecified atom stereocenters. The fraction of sp³-hybridized carbons (Fsp3) is 0.273.